The first kappa shape index (κ1) is 44.6. The summed E-state index contributed by atoms with van der Waals surface area (Å²) >= 11 is 0. The molecule has 0 spiro atoms. The lowest BCUT2D eigenvalue weighted by molar-refractivity contribution is 0.584. The van der Waals surface area contributed by atoms with Crippen LogP contribution >= 0.6 is 0 Å². The van der Waals surface area contributed by atoms with Gasteiger partial charge in [0.2, 0.25) is 23.6 Å². The molecule has 14 rings (SSSR count). The minimum Gasteiger partial charge on any atom is -0.416 e. The second-order valence-electron chi connectivity index (χ2n) is 16.8. The highest BCUT2D eigenvalue weighted by Crippen LogP contribution is 2.32. The quantitative estimate of drug-likeness (QED) is 0.178. The average molecular weight is 931 g/mol. The molecule has 0 aliphatic heterocycles. The van der Waals surface area contributed by atoms with Crippen LogP contribution in [-0.4, -0.2) is 29.9 Å². The van der Waals surface area contributed by atoms with Crippen LogP contribution in [0.1, 0.15) is 0 Å². The van der Waals surface area contributed by atoms with Gasteiger partial charge in [-0.1, -0.05) is 188 Å². The van der Waals surface area contributed by atoms with Gasteiger partial charge in [0, 0.05) is 60.5 Å². The van der Waals surface area contributed by atoms with Gasteiger partial charge in [0.1, 0.15) is 0 Å². The highest BCUT2D eigenvalue weighted by molar-refractivity contribution is 6.09. The fourth-order valence-electron chi connectivity index (χ4n) is 8.67. The van der Waals surface area contributed by atoms with Gasteiger partial charge in [-0.2, -0.15) is 0 Å². The van der Waals surface area contributed by atoms with E-state index in [1.165, 1.54) is 54.9 Å². The van der Waals surface area contributed by atoms with Gasteiger partial charge in [0.25, 0.3) is 0 Å². The molecule has 8 nitrogen and oxygen atoms in total. The summed E-state index contributed by atoms with van der Waals surface area (Å²) in [5.74, 6) is 2.16. The molecule has 0 amide bonds. The van der Waals surface area contributed by atoms with Gasteiger partial charge >= 0.3 is 0 Å². The van der Waals surface area contributed by atoms with Crippen LogP contribution in [0.4, 0.5) is 0 Å². The molecule has 0 radical (unpaired) electrons. The zero-order valence-electron chi connectivity index (χ0n) is 39.0. The Morgan fingerprint density at radius 2 is 0.528 bits per heavy atom. The van der Waals surface area contributed by atoms with Crippen molar-refractivity contribution >= 4 is 43.6 Å². The van der Waals surface area contributed by atoms with Crippen molar-refractivity contribution in [2.75, 3.05) is 0 Å². The van der Waals surface area contributed by atoms with Crippen LogP contribution in [0.25, 0.3) is 106 Å². The molecule has 8 heteroatoms. The van der Waals surface area contributed by atoms with E-state index in [0.717, 1.165) is 27.8 Å². The van der Waals surface area contributed by atoms with Crippen LogP contribution in [0.3, 0.4) is 0 Å². The lowest BCUT2D eigenvalue weighted by Crippen LogP contribution is -1.92. The van der Waals surface area contributed by atoms with Crippen molar-refractivity contribution in [3.63, 3.8) is 0 Å². The molecule has 0 fully saturated rings. The summed E-state index contributed by atoms with van der Waals surface area (Å²) in [5.41, 5.74) is 12.2. The Bertz CT molecular complexity index is 3800. The number of aromatic nitrogens is 6. The van der Waals surface area contributed by atoms with E-state index in [4.69, 9.17) is 8.83 Å². The summed E-state index contributed by atoms with van der Waals surface area (Å²) in [6, 6.07) is 92.1. The molecule has 0 saturated heterocycles. The SMILES string of the molecule is c1ccc(-c2ccc(-c3nnc(-c4ccccc4)o3)cc2)cc1.c1ccc(-c2nnc(-c3ccccc3)o2)cc1.c1ccc(-n2c3ccccc3c3ccccc32)cc1.c1ccc2c(c1)[nH]c1ccccc12. The van der Waals surface area contributed by atoms with E-state index < -0.39 is 0 Å². The highest BCUT2D eigenvalue weighted by Gasteiger charge is 2.13. The molecule has 10 aromatic carbocycles. The number of aromatic amines is 1. The third-order valence-corrected chi connectivity index (χ3v) is 12.2. The van der Waals surface area contributed by atoms with Crippen LogP contribution in [0.15, 0.2) is 282 Å². The Kier molecular flexibility index (Phi) is 13.1. The van der Waals surface area contributed by atoms with E-state index in [2.05, 4.69) is 182 Å². The molecule has 0 unspecified atom stereocenters. The Hall–Kier alpha value is -9.92. The second kappa shape index (κ2) is 21.2. The number of hydrogen-bond acceptors (Lipinski definition) is 6. The van der Waals surface area contributed by atoms with Gasteiger partial charge in [-0.05, 0) is 96.1 Å². The van der Waals surface area contributed by atoms with Crippen molar-refractivity contribution in [3.05, 3.63) is 273 Å². The Balaban J connectivity index is 0.000000106. The number of benzene rings is 10. The third-order valence-electron chi connectivity index (χ3n) is 12.2. The standard InChI is InChI=1S/C20H14N2O.C18H13N.C14H10N2O.C12H9N/c1-3-7-15(8-4-1)16-11-13-18(14-12-16)20-22-21-19(23-20)17-9-5-2-6-10-17;1-2-8-14(9-3-1)19-17-12-6-4-10-15(17)16-11-5-7-13-18(16)19;1-3-7-11(8-4-1)13-15-16-14(17-13)12-9-5-2-6-10-12;1-3-7-11-9(5-1)10-6-2-4-8-12(10)13-11/h1-14H;1-13H;1-10H;1-8,13H. The molecule has 72 heavy (non-hydrogen) atoms. The number of H-pyrrole nitrogens is 1. The maximum atomic E-state index is 5.78. The van der Waals surface area contributed by atoms with Gasteiger partial charge in [-0.25, -0.2) is 0 Å². The monoisotopic (exact) mass is 930 g/mol. The van der Waals surface area contributed by atoms with E-state index in [-0.39, 0.29) is 0 Å². The lowest BCUT2D eigenvalue weighted by Gasteiger charge is -2.06. The van der Waals surface area contributed by atoms with Gasteiger partial charge in [-0.15, -0.1) is 20.4 Å². The maximum Gasteiger partial charge on any atom is 0.248 e. The summed E-state index contributed by atoms with van der Waals surface area (Å²) in [6.07, 6.45) is 0. The number of rotatable bonds is 6. The molecule has 14 aromatic rings. The predicted octanol–water partition coefficient (Wildman–Crippen LogP) is 16.6. The average Bonchev–Trinajstić information content (AvgIpc) is 4.30. The molecule has 0 saturated carbocycles. The van der Waals surface area contributed by atoms with E-state index >= 15 is 0 Å². The van der Waals surface area contributed by atoms with Gasteiger partial charge in [0.05, 0.1) is 11.0 Å². The molecule has 1 N–H and O–H groups in total. The molecular formula is C64H46N6O2. The molecule has 4 heterocycles. The van der Waals surface area contributed by atoms with Crippen LogP contribution in [0.5, 0.6) is 0 Å². The maximum absolute atomic E-state index is 5.78. The van der Waals surface area contributed by atoms with E-state index in [0.29, 0.717) is 23.6 Å². The molecule has 344 valence electrons. The van der Waals surface area contributed by atoms with Crippen LogP contribution in [0, 0.1) is 0 Å². The van der Waals surface area contributed by atoms with Crippen LogP contribution < -0.4 is 0 Å². The van der Waals surface area contributed by atoms with Crippen LogP contribution in [0.2, 0.25) is 0 Å². The highest BCUT2D eigenvalue weighted by atomic mass is 16.4. The summed E-state index contributed by atoms with van der Waals surface area (Å²) in [4.78, 5) is 3.38. The second-order valence-corrected chi connectivity index (χ2v) is 16.8. The summed E-state index contributed by atoms with van der Waals surface area (Å²) in [5, 5.41) is 21.6. The zero-order chi connectivity index (χ0) is 48.3. The number of nitrogens with zero attached hydrogens (tertiary/aromatic N) is 5. The minimum atomic E-state index is 0.531. The van der Waals surface area contributed by atoms with Gasteiger partial charge < -0.3 is 18.4 Å². The first-order valence-corrected chi connectivity index (χ1v) is 23.7. The molecule has 0 bridgehead atoms. The van der Waals surface area contributed by atoms with Crippen molar-refractivity contribution in [2.45, 2.75) is 0 Å². The predicted molar refractivity (Wildman–Crippen MR) is 292 cm³/mol. The topological polar surface area (TPSA) is 98.6 Å². The molecule has 4 aromatic heterocycles. The largest absolute Gasteiger partial charge is 0.416 e. The molecule has 0 aliphatic carbocycles. The van der Waals surface area contributed by atoms with Crippen LogP contribution in [-0.2, 0) is 0 Å². The normalized spacial score (nSPS) is 10.8. The molecule has 0 aliphatic rings. The van der Waals surface area contributed by atoms with E-state index in [1.54, 1.807) is 0 Å². The number of nitrogens with one attached hydrogen (secondary N) is 1. The van der Waals surface area contributed by atoms with Gasteiger partial charge in [-0.3, -0.25) is 0 Å². The minimum absolute atomic E-state index is 0.531. The van der Waals surface area contributed by atoms with Crippen molar-refractivity contribution in [1.82, 2.24) is 29.9 Å². The smallest absolute Gasteiger partial charge is 0.248 e. The van der Waals surface area contributed by atoms with Crippen molar-refractivity contribution < 1.29 is 8.83 Å². The summed E-state index contributed by atoms with van der Waals surface area (Å²) < 4.78 is 13.7. The van der Waals surface area contributed by atoms with Crippen molar-refractivity contribution in [2.24, 2.45) is 0 Å². The lowest BCUT2D eigenvalue weighted by atomic mass is 10.0. The Labute approximate surface area is 416 Å². The number of fused-ring (bicyclic) bond motifs is 6. The van der Waals surface area contributed by atoms with Gasteiger partial charge in [0.15, 0.2) is 0 Å². The Morgan fingerprint density at radius 3 is 0.931 bits per heavy atom. The summed E-state index contributed by atoms with van der Waals surface area (Å²) in [7, 11) is 0. The fourth-order valence-corrected chi connectivity index (χ4v) is 8.67. The summed E-state index contributed by atoms with van der Waals surface area (Å²) in [6.45, 7) is 0. The van der Waals surface area contributed by atoms with Crippen molar-refractivity contribution in [3.8, 4) is 62.6 Å². The first-order chi connectivity index (χ1) is 35.7. The number of para-hydroxylation sites is 5. The fraction of sp³-hybridized carbons (Fsp3) is 0. The Morgan fingerprint density at radius 1 is 0.250 bits per heavy atom. The molecular weight excluding hydrogens is 885 g/mol. The first-order valence-electron chi connectivity index (χ1n) is 23.7. The van der Waals surface area contributed by atoms with Crippen molar-refractivity contribution in [1.29, 1.82) is 0 Å². The van der Waals surface area contributed by atoms with E-state index in [1.807, 2.05) is 121 Å². The third kappa shape index (κ3) is 9.83. The zero-order valence-corrected chi connectivity index (χ0v) is 39.0. The van der Waals surface area contributed by atoms with E-state index in [9.17, 15) is 0 Å². The molecule has 0 atom stereocenters. The number of hydrogen-bond donors (Lipinski definition) is 1.